The third-order valence-electron chi connectivity index (χ3n) is 1.49. The van der Waals surface area contributed by atoms with E-state index in [1.165, 1.54) is 0 Å². The van der Waals surface area contributed by atoms with Crippen molar-refractivity contribution in [3.63, 3.8) is 0 Å². The molecule has 0 fully saturated rings. The van der Waals surface area contributed by atoms with E-state index in [9.17, 15) is 4.79 Å². The van der Waals surface area contributed by atoms with E-state index < -0.39 is 0 Å². The fraction of sp³-hybridized carbons (Fsp3) is 0.167. The minimum atomic E-state index is -0.0486. The Balaban J connectivity index is 2.35. The SMILES string of the molecule is O=C1NC=CN2NCC=C12. The van der Waals surface area contributed by atoms with Gasteiger partial charge in [-0.05, 0) is 6.08 Å². The number of hydrogen-bond acceptors (Lipinski definition) is 3. The predicted molar refractivity (Wildman–Crippen MR) is 35.2 cm³/mol. The van der Waals surface area contributed by atoms with Gasteiger partial charge in [-0.3, -0.25) is 9.80 Å². The van der Waals surface area contributed by atoms with E-state index in [0.717, 1.165) is 6.54 Å². The standard InChI is InChI=1S/C6H7N3O/c10-6-5-1-2-8-9(5)4-3-7-6/h1,3-4,8H,2H2,(H,7,10). The summed E-state index contributed by atoms with van der Waals surface area (Å²) < 4.78 is 0. The molecule has 0 unspecified atom stereocenters. The quantitative estimate of drug-likeness (QED) is 0.463. The van der Waals surface area contributed by atoms with Crippen LogP contribution in [-0.2, 0) is 4.79 Å². The number of nitrogens with zero attached hydrogens (tertiary/aromatic N) is 1. The molecule has 0 aliphatic carbocycles. The van der Waals surface area contributed by atoms with Crippen LogP contribution in [0, 0.1) is 0 Å². The summed E-state index contributed by atoms with van der Waals surface area (Å²) in [6, 6.07) is 0. The first-order valence-electron chi connectivity index (χ1n) is 3.08. The number of hydrogen-bond donors (Lipinski definition) is 2. The van der Waals surface area contributed by atoms with Crippen LogP contribution in [0.2, 0.25) is 0 Å². The minimum Gasteiger partial charge on any atom is -0.326 e. The molecular formula is C6H7N3O. The molecule has 2 aliphatic rings. The highest BCUT2D eigenvalue weighted by atomic mass is 16.2. The van der Waals surface area contributed by atoms with Gasteiger partial charge in [-0.2, -0.15) is 0 Å². The molecule has 1 amide bonds. The summed E-state index contributed by atoms with van der Waals surface area (Å²) in [6.45, 7) is 0.729. The van der Waals surface area contributed by atoms with Crippen LogP contribution in [0.4, 0.5) is 0 Å². The third kappa shape index (κ3) is 0.625. The van der Waals surface area contributed by atoms with Gasteiger partial charge in [0.05, 0.1) is 0 Å². The van der Waals surface area contributed by atoms with Gasteiger partial charge in [-0.1, -0.05) is 0 Å². The van der Waals surface area contributed by atoms with Gasteiger partial charge in [0.1, 0.15) is 5.70 Å². The monoisotopic (exact) mass is 137 g/mol. The van der Waals surface area contributed by atoms with Crippen LogP contribution in [0.25, 0.3) is 0 Å². The Morgan fingerprint density at radius 3 is 3.30 bits per heavy atom. The summed E-state index contributed by atoms with van der Waals surface area (Å²) >= 11 is 0. The van der Waals surface area contributed by atoms with Crippen molar-refractivity contribution >= 4 is 5.91 Å². The van der Waals surface area contributed by atoms with E-state index in [0.29, 0.717) is 5.70 Å². The molecule has 0 atom stereocenters. The molecule has 0 spiro atoms. The van der Waals surface area contributed by atoms with Crippen molar-refractivity contribution in [1.82, 2.24) is 15.8 Å². The van der Waals surface area contributed by atoms with Gasteiger partial charge in [0.15, 0.2) is 0 Å². The van der Waals surface area contributed by atoms with Gasteiger partial charge >= 0.3 is 0 Å². The maximum Gasteiger partial charge on any atom is 0.273 e. The van der Waals surface area contributed by atoms with Gasteiger partial charge in [0, 0.05) is 18.9 Å². The highest BCUT2D eigenvalue weighted by Crippen LogP contribution is 2.09. The zero-order chi connectivity index (χ0) is 6.97. The van der Waals surface area contributed by atoms with Crippen molar-refractivity contribution in [3.05, 3.63) is 24.2 Å². The van der Waals surface area contributed by atoms with Crippen molar-refractivity contribution in [2.75, 3.05) is 6.54 Å². The Morgan fingerprint density at radius 1 is 1.60 bits per heavy atom. The summed E-state index contributed by atoms with van der Waals surface area (Å²) in [4.78, 5) is 11.0. The fourth-order valence-electron chi connectivity index (χ4n) is 1.02. The van der Waals surface area contributed by atoms with Crippen molar-refractivity contribution in [1.29, 1.82) is 0 Å². The molecule has 2 heterocycles. The molecule has 2 aliphatic heterocycles. The molecule has 10 heavy (non-hydrogen) atoms. The van der Waals surface area contributed by atoms with Crippen molar-refractivity contribution < 1.29 is 4.79 Å². The Hall–Kier alpha value is -1.29. The second-order valence-corrected chi connectivity index (χ2v) is 2.11. The number of carbonyl (C=O) groups is 1. The van der Waals surface area contributed by atoms with Crippen LogP contribution in [0.3, 0.4) is 0 Å². The highest BCUT2D eigenvalue weighted by molar-refractivity contribution is 5.94. The molecule has 0 saturated carbocycles. The number of fused-ring (bicyclic) bond motifs is 1. The van der Waals surface area contributed by atoms with E-state index in [-0.39, 0.29) is 5.91 Å². The number of nitrogens with one attached hydrogen (secondary N) is 2. The molecule has 0 aromatic carbocycles. The zero-order valence-electron chi connectivity index (χ0n) is 5.29. The van der Waals surface area contributed by atoms with Gasteiger partial charge in [-0.15, -0.1) is 0 Å². The molecule has 2 N–H and O–H groups in total. The lowest BCUT2D eigenvalue weighted by molar-refractivity contribution is -0.118. The van der Waals surface area contributed by atoms with Crippen LogP contribution in [-0.4, -0.2) is 17.5 Å². The topological polar surface area (TPSA) is 44.4 Å². The fourth-order valence-corrected chi connectivity index (χ4v) is 1.02. The summed E-state index contributed by atoms with van der Waals surface area (Å²) in [5.41, 5.74) is 3.66. The minimum absolute atomic E-state index is 0.0486. The first-order valence-corrected chi connectivity index (χ1v) is 3.08. The first-order chi connectivity index (χ1) is 4.88. The first kappa shape index (κ1) is 5.49. The third-order valence-corrected chi connectivity index (χ3v) is 1.49. The van der Waals surface area contributed by atoms with Crippen molar-refractivity contribution in [2.24, 2.45) is 0 Å². The van der Waals surface area contributed by atoms with E-state index in [1.54, 1.807) is 17.4 Å². The molecule has 2 rings (SSSR count). The molecule has 52 valence electrons. The van der Waals surface area contributed by atoms with Gasteiger partial charge < -0.3 is 5.32 Å². The molecule has 4 nitrogen and oxygen atoms in total. The van der Waals surface area contributed by atoms with Crippen LogP contribution < -0.4 is 10.7 Å². The molecule has 0 aromatic rings. The Bertz CT molecular complexity index is 231. The molecule has 0 saturated heterocycles. The maximum absolute atomic E-state index is 11.0. The smallest absolute Gasteiger partial charge is 0.273 e. The van der Waals surface area contributed by atoms with E-state index >= 15 is 0 Å². The molecule has 4 heteroatoms. The normalized spacial score (nSPS) is 22.2. The predicted octanol–water partition coefficient (Wildman–Crippen LogP) is -0.709. The Labute approximate surface area is 58.2 Å². The molecule has 0 aromatic heterocycles. The van der Waals surface area contributed by atoms with Crippen LogP contribution in [0.1, 0.15) is 0 Å². The summed E-state index contributed by atoms with van der Waals surface area (Å²) in [5, 5.41) is 4.29. The summed E-state index contributed by atoms with van der Waals surface area (Å²) in [7, 11) is 0. The second-order valence-electron chi connectivity index (χ2n) is 2.11. The van der Waals surface area contributed by atoms with E-state index in [4.69, 9.17) is 0 Å². The summed E-state index contributed by atoms with van der Waals surface area (Å²) in [6.07, 6.45) is 5.23. The largest absolute Gasteiger partial charge is 0.326 e. The lowest BCUT2D eigenvalue weighted by atomic mass is 10.3. The Kier molecular flexibility index (Phi) is 1.01. The van der Waals surface area contributed by atoms with E-state index in [1.807, 2.05) is 6.08 Å². The van der Waals surface area contributed by atoms with Gasteiger partial charge in [-0.25, -0.2) is 5.43 Å². The zero-order valence-corrected chi connectivity index (χ0v) is 5.29. The number of carbonyl (C=O) groups excluding carboxylic acids is 1. The van der Waals surface area contributed by atoms with Crippen LogP contribution >= 0.6 is 0 Å². The van der Waals surface area contributed by atoms with Crippen LogP contribution in [0.5, 0.6) is 0 Å². The number of rotatable bonds is 0. The number of amides is 1. The lowest BCUT2D eigenvalue weighted by Gasteiger charge is -2.19. The van der Waals surface area contributed by atoms with Gasteiger partial charge in [0.2, 0.25) is 0 Å². The molecule has 0 radical (unpaired) electrons. The number of hydrazine groups is 1. The maximum atomic E-state index is 11.0. The van der Waals surface area contributed by atoms with Crippen molar-refractivity contribution in [3.8, 4) is 0 Å². The van der Waals surface area contributed by atoms with E-state index in [2.05, 4.69) is 10.7 Å². The van der Waals surface area contributed by atoms with Gasteiger partial charge in [0.25, 0.3) is 5.91 Å². The Morgan fingerprint density at radius 2 is 2.50 bits per heavy atom. The lowest BCUT2D eigenvalue weighted by Crippen LogP contribution is -2.37. The van der Waals surface area contributed by atoms with Crippen molar-refractivity contribution in [2.45, 2.75) is 0 Å². The van der Waals surface area contributed by atoms with Crippen LogP contribution in [0.15, 0.2) is 24.2 Å². The molecule has 0 bridgehead atoms. The average Bonchev–Trinajstić information content (AvgIpc) is 2.36. The highest BCUT2D eigenvalue weighted by Gasteiger charge is 2.21. The molecular weight excluding hydrogens is 130 g/mol. The average molecular weight is 137 g/mol. The summed E-state index contributed by atoms with van der Waals surface area (Å²) in [5.74, 6) is -0.0486. The second kappa shape index (κ2) is 1.85.